The third-order valence-electron chi connectivity index (χ3n) is 5.08. The van der Waals surface area contributed by atoms with E-state index in [9.17, 15) is 26.4 Å². The molecule has 13 heteroatoms. The van der Waals surface area contributed by atoms with Crippen LogP contribution in [0.25, 0.3) is 0 Å². The minimum absolute atomic E-state index is 0.0110. The van der Waals surface area contributed by atoms with Crippen molar-refractivity contribution in [2.75, 3.05) is 55.3 Å². The first kappa shape index (κ1) is 26.6. The summed E-state index contributed by atoms with van der Waals surface area (Å²) in [7, 11) is -7.63. The lowest BCUT2D eigenvalue weighted by Gasteiger charge is -2.26. The first-order valence-electron chi connectivity index (χ1n) is 10.7. The molecule has 0 unspecified atom stereocenters. The highest BCUT2D eigenvalue weighted by atomic mass is 32.2. The lowest BCUT2D eigenvalue weighted by Crippen LogP contribution is -2.40. The molecule has 0 aliphatic carbocycles. The van der Waals surface area contributed by atoms with Crippen LogP contribution in [0.15, 0.2) is 53.4 Å². The molecule has 1 aliphatic rings. The van der Waals surface area contributed by atoms with Gasteiger partial charge in [0.1, 0.15) is 6.54 Å². The van der Waals surface area contributed by atoms with E-state index in [0.717, 1.165) is 10.6 Å². The number of sulfonamides is 2. The quantitative estimate of drug-likeness (QED) is 0.483. The average molecular weight is 526 g/mol. The second-order valence-corrected chi connectivity index (χ2v) is 11.5. The number of benzene rings is 2. The van der Waals surface area contributed by atoms with Crippen molar-refractivity contribution in [2.45, 2.75) is 11.8 Å². The minimum Gasteiger partial charge on any atom is -0.462 e. The van der Waals surface area contributed by atoms with Crippen molar-refractivity contribution in [2.24, 2.45) is 0 Å². The van der Waals surface area contributed by atoms with Crippen molar-refractivity contribution < 1.29 is 35.9 Å². The number of nitrogens with one attached hydrogen (secondary N) is 1. The van der Waals surface area contributed by atoms with Gasteiger partial charge < -0.3 is 14.8 Å². The topological polar surface area (TPSA) is 139 Å². The van der Waals surface area contributed by atoms with Crippen LogP contribution in [0.1, 0.15) is 17.3 Å². The zero-order chi connectivity index (χ0) is 25.6. The first-order chi connectivity index (χ1) is 16.5. The molecule has 1 heterocycles. The summed E-state index contributed by atoms with van der Waals surface area (Å²) in [5.74, 6) is -1.20. The fourth-order valence-electron chi connectivity index (χ4n) is 3.39. The Morgan fingerprint density at radius 1 is 1.06 bits per heavy atom. The van der Waals surface area contributed by atoms with E-state index in [1.165, 1.54) is 40.7 Å². The number of carbonyl (C=O) groups excluding carboxylic acids is 2. The minimum atomic E-state index is -3.88. The van der Waals surface area contributed by atoms with Gasteiger partial charge >= 0.3 is 5.97 Å². The van der Waals surface area contributed by atoms with E-state index in [-0.39, 0.29) is 35.8 Å². The number of hydrogen-bond donors (Lipinski definition) is 1. The average Bonchev–Trinajstić information content (AvgIpc) is 2.83. The summed E-state index contributed by atoms with van der Waals surface area (Å²) in [4.78, 5) is 24.5. The molecule has 2 aromatic rings. The molecule has 190 valence electrons. The number of carbonyl (C=O) groups is 2. The van der Waals surface area contributed by atoms with E-state index in [4.69, 9.17) is 9.47 Å². The number of amides is 1. The van der Waals surface area contributed by atoms with E-state index in [1.807, 2.05) is 0 Å². The van der Waals surface area contributed by atoms with E-state index in [1.54, 1.807) is 19.1 Å². The number of nitrogens with zero attached hydrogens (tertiary/aromatic N) is 2. The molecular formula is C22H27N3O8S2. The van der Waals surface area contributed by atoms with Crippen LogP contribution in [-0.2, 0) is 34.3 Å². The summed E-state index contributed by atoms with van der Waals surface area (Å²) in [6.07, 6.45) is 0.944. The van der Waals surface area contributed by atoms with E-state index >= 15 is 0 Å². The van der Waals surface area contributed by atoms with Crippen molar-refractivity contribution in [3.8, 4) is 0 Å². The molecule has 0 atom stereocenters. The van der Waals surface area contributed by atoms with E-state index < -0.39 is 38.5 Å². The van der Waals surface area contributed by atoms with Crippen LogP contribution in [0.4, 0.5) is 11.4 Å². The third kappa shape index (κ3) is 6.78. The Hall–Kier alpha value is -3.00. The van der Waals surface area contributed by atoms with Gasteiger partial charge in [-0.25, -0.2) is 21.6 Å². The highest BCUT2D eigenvalue weighted by Gasteiger charge is 2.27. The zero-order valence-corrected chi connectivity index (χ0v) is 21.0. The molecule has 3 rings (SSSR count). The van der Waals surface area contributed by atoms with Gasteiger partial charge in [0.25, 0.3) is 0 Å². The molecule has 1 N–H and O–H groups in total. The van der Waals surface area contributed by atoms with Gasteiger partial charge in [-0.2, -0.15) is 4.31 Å². The number of rotatable bonds is 9. The maximum absolute atomic E-state index is 12.8. The summed E-state index contributed by atoms with van der Waals surface area (Å²) in [5, 5.41) is 2.56. The smallest absolute Gasteiger partial charge is 0.338 e. The number of ether oxygens (including phenoxy) is 2. The fourth-order valence-corrected chi connectivity index (χ4v) is 5.65. The summed E-state index contributed by atoms with van der Waals surface area (Å²) in [5.41, 5.74) is 0.659. The van der Waals surface area contributed by atoms with Crippen molar-refractivity contribution in [1.82, 2.24) is 4.31 Å². The molecule has 1 saturated heterocycles. The largest absolute Gasteiger partial charge is 0.462 e. The standard InChI is InChI=1S/C22H27N3O8S2/c1-3-33-22(27)17-5-4-6-18(15-17)23-21(26)16-25(34(2,28)29)19-7-9-20(10-8-19)35(30,31)24-11-13-32-14-12-24/h4-10,15H,3,11-14,16H2,1-2H3,(H,23,26). The molecule has 35 heavy (non-hydrogen) atoms. The predicted octanol–water partition coefficient (Wildman–Crippen LogP) is 1.29. The number of esters is 1. The normalized spacial score (nSPS) is 14.8. The second-order valence-electron chi connectivity index (χ2n) is 7.63. The van der Waals surface area contributed by atoms with Gasteiger partial charge in [-0.05, 0) is 49.4 Å². The van der Waals surface area contributed by atoms with Gasteiger partial charge in [0.2, 0.25) is 26.0 Å². The lowest BCUT2D eigenvalue weighted by atomic mass is 10.2. The van der Waals surface area contributed by atoms with Gasteiger partial charge in [-0.15, -0.1) is 0 Å². The molecule has 0 radical (unpaired) electrons. The number of hydrogen-bond acceptors (Lipinski definition) is 8. The van der Waals surface area contributed by atoms with Crippen molar-refractivity contribution >= 4 is 43.3 Å². The van der Waals surface area contributed by atoms with Gasteiger partial charge in [-0.3, -0.25) is 9.10 Å². The van der Waals surface area contributed by atoms with Gasteiger partial charge in [-0.1, -0.05) is 6.07 Å². The van der Waals surface area contributed by atoms with Crippen LogP contribution in [0.3, 0.4) is 0 Å². The van der Waals surface area contributed by atoms with Gasteiger partial charge in [0, 0.05) is 18.8 Å². The van der Waals surface area contributed by atoms with Crippen LogP contribution in [0.2, 0.25) is 0 Å². The first-order valence-corrected chi connectivity index (χ1v) is 14.0. The summed E-state index contributed by atoms with van der Waals surface area (Å²) in [6.45, 7) is 2.39. The number of morpholine rings is 1. The molecule has 2 aromatic carbocycles. The Morgan fingerprint density at radius 2 is 1.71 bits per heavy atom. The maximum Gasteiger partial charge on any atom is 0.338 e. The van der Waals surface area contributed by atoms with E-state index in [2.05, 4.69) is 5.32 Å². The van der Waals surface area contributed by atoms with Crippen LogP contribution < -0.4 is 9.62 Å². The van der Waals surface area contributed by atoms with Crippen LogP contribution in [-0.4, -0.2) is 78.7 Å². The molecule has 0 bridgehead atoms. The summed E-state index contributed by atoms with van der Waals surface area (Å²) in [6, 6.07) is 11.3. The molecule has 1 fully saturated rings. The van der Waals surface area contributed by atoms with Crippen molar-refractivity contribution in [1.29, 1.82) is 0 Å². The molecule has 0 spiro atoms. The van der Waals surface area contributed by atoms with Gasteiger partial charge in [0.05, 0.1) is 42.2 Å². The van der Waals surface area contributed by atoms with Crippen molar-refractivity contribution in [3.63, 3.8) is 0 Å². The lowest BCUT2D eigenvalue weighted by molar-refractivity contribution is -0.114. The summed E-state index contributed by atoms with van der Waals surface area (Å²) >= 11 is 0. The SMILES string of the molecule is CCOC(=O)c1cccc(NC(=O)CN(c2ccc(S(=O)(=O)N3CCOCC3)cc2)S(C)(=O)=O)c1. The predicted molar refractivity (Wildman–Crippen MR) is 129 cm³/mol. The molecule has 1 aliphatic heterocycles. The Bertz CT molecular complexity index is 1270. The van der Waals surface area contributed by atoms with Crippen LogP contribution in [0.5, 0.6) is 0 Å². The van der Waals surface area contributed by atoms with E-state index in [0.29, 0.717) is 18.9 Å². The van der Waals surface area contributed by atoms with Crippen molar-refractivity contribution in [3.05, 3.63) is 54.1 Å². The van der Waals surface area contributed by atoms with Gasteiger partial charge in [0.15, 0.2) is 0 Å². The molecule has 11 nitrogen and oxygen atoms in total. The molecule has 1 amide bonds. The highest BCUT2D eigenvalue weighted by Crippen LogP contribution is 2.23. The number of anilines is 2. The van der Waals surface area contributed by atoms with Crippen LogP contribution in [0, 0.1) is 0 Å². The third-order valence-corrected chi connectivity index (χ3v) is 8.13. The second kappa shape index (κ2) is 11.2. The molecule has 0 aromatic heterocycles. The zero-order valence-electron chi connectivity index (χ0n) is 19.3. The maximum atomic E-state index is 12.8. The summed E-state index contributed by atoms with van der Waals surface area (Å²) < 4.78 is 62.7. The Balaban J connectivity index is 1.76. The Kier molecular flexibility index (Phi) is 8.48. The molecule has 0 saturated carbocycles. The monoisotopic (exact) mass is 525 g/mol. The fraction of sp³-hybridized carbons (Fsp3) is 0.364. The van der Waals surface area contributed by atoms with Crippen LogP contribution >= 0.6 is 0 Å². The molecular weight excluding hydrogens is 498 g/mol. The Morgan fingerprint density at radius 3 is 2.31 bits per heavy atom. The highest BCUT2D eigenvalue weighted by molar-refractivity contribution is 7.92. The Labute approximate surface area is 204 Å².